The third kappa shape index (κ3) is 6.92. The molecule has 0 bridgehead atoms. The molecule has 2 rings (SSSR count). The van der Waals surface area contributed by atoms with Crippen molar-refractivity contribution in [3.63, 3.8) is 0 Å². The van der Waals surface area contributed by atoms with Crippen LogP contribution in [-0.2, 0) is 20.9 Å². The molecular formula is C18H17BrClN3O4. The van der Waals surface area contributed by atoms with Gasteiger partial charge in [-0.2, -0.15) is 0 Å². The third-order valence-electron chi connectivity index (χ3n) is 3.41. The first-order chi connectivity index (χ1) is 12.8. The Balaban J connectivity index is 1.98. The first kappa shape index (κ1) is 20.7. The van der Waals surface area contributed by atoms with Gasteiger partial charge >= 0.3 is 6.09 Å². The Morgan fingerprint density at radius 1 is 1.15 bits per heavy atom. The van der Waals surface area contributed by atoms with Crippen LogP contribution in [0.5, 0.6) is 0 Å². The molecule has 2 aromatic carbocycles. The Labute approximate surface area is 169 Å². The lowest BCUT2D eigenvalue weighted by molar-refractivity contribution is -0.123. The van der Waals surface area contributed by atoms with E-state index in [2.05, 4.69) is 26.6 Å². The minimum absolute atomic E-state index is 0.0295. The van der Waals surface area contributed by atoms with Crippen molar-refractivity contribution in [2.45, 2.75) is 19.1 Å². The number of carbonyl (C=O) groups excluding carboxylic acids is 3. The summed E-state index contributed by atoms with van der Waals surface area (Å²) in [6.07, 6.45) is -1.21. The topological polar surface area (TPSA) is 111 Å². The summed E-state index contributed by atoms with van der Waals surface area (Å²) in [6.45, 7) is 0.0295. The zero-order valence-corrected chi connectivity index (χ0v) is 16.4. The molecule has 0 unspecified atom stereocenters. The van der Waals surface area contributed by atoms with Crippen molar-refractivity contribution < 1.29 is 19.1 Å². The van der Waals surface area contributed by atoms with Crippen molar-refractivity contribution in [3.05, 3.63) is 63.6 Å². The molecule has 27 heavy (non-hydrogen) atoms. The molecule has 0 aliphatic rings. The van der Waals surface area contributed by atoms with Crippen molar-refractivity contribution in [1.82, 2.24) is 5.32 Å². The van der Waals surface area contributed by atoms with Gasteiger partial charge in [0.15, 0.2) is 0 Å². The van der Waals surface area contributed by atoms with Gasteiger partial charge in [-0.15, -0.1) is 0 Å². The fourth-order valence-corrected chi connectivity index (χ4v) is 2.62. The molecule has 2 aromatic rings. The molecule has 9 heteroatoms. The summed E-state index contributed by atoms with van der Waals surface area (Å²) in [5.41, 5.74) is 6.40. The number of benzene rings is 2. The van der Waals surface area contributed by atoms with E-state index in [0.29, 0.717) is 15.2 Å². The van der Waals surface area contributed by atoms with Crippen LogP contribution in [0.4, 0.5) is 10.5 Å². The first-order valence-corrected chi connectivity index (χ1v) is 9.03. The van der Waals surface area contributed by atoms with Gasteiger partial charge in [0.2, 0.25) is 11.8 Å². The Morgan fingerprint density at radius 2 is 1.85 bits per heavy atom. The number of nitrogens with two attached hydrogens (primary N) is 1. The number of hydrogen-bond acceptors (Lipinski definition) is 4. The van der Waals surface area contributed by atoms with Gasteiger partial charge in [-0.1, -0.05) is 41.9 Å². The number of primary amides is 1. The largest absolute Gasteiger partial charge is 0.445 e. The molecule has 0 saturated heterocycles. The molecule has 0 aromatic heterocycles. The Hall–Kier alpha value is -2.58. The summed E-state index contributed by atoms with van der Waals surface area (Å²) >= 11 is 9.16. The van der Waals surface area contributed by atoms with E-state index >= 15 is 0 Å². The molecule has 0 spiro atoms. The van der Waals surface area contributed by atoms with E-state index in [0.717, 1.165) is 5.56 Å². The van der Waals surface area contributed by atoms with Crippen LogP contribution < -0.4 is 16.4 Å². The minimum atomic E-state index is -1.18. The normalized spacial score (nSPS) is 11.3. The summed E-state index contributed by atoms with van der Waals surface area (Å²) in [5.74, 6) is -1.35. The summed E-state index contributed by atoms with van der Waals surface area (Å²) in [5, 5.41) is 5.42. The van der Waals surface area contributed by atoms with Crippen molar-refractivity contribution in [1.29, 1.82) is 0 Å². The quantitative estimate of drug-likeness (QED) is 0.596. The van der Waals surface area contributed by atoms with Crippen molar-refractivity contribution in [3.8, 4) is 0 Å². The molecule has 7 nitrogen and oxygen atoms in total. The second kappa shape index (κ2) is 9.94. The number of alkyl carbamates (subject to hydrolysis) is 1. The summed E-state index contributed by atoms with van der Waals surface area (Å²) in [7, 11) is 0. The maximum absolute atomic E-state index is 12.4. The van der Waals surface area contributed by atoms with E-state index in [4.69, 9.17) is 22.1 Å². The maximum Gasteiger partial charge on any atom is 0.408 e. The lowest BCUT2D eigenvalue weighted by Gasteiger charge is -2.17. The van der Waals surface area contributed by atoms with Crippen LogP contribution in [0.2, 0.25) is 5.02 Å². The predicted molar refractivity (Wildman–Crippen MR) is 105 cm³/mol. The lowest BCUT2D eigenvalue weighted by Crippen LogP contribution is -2.46. The minimum Gasteiger partial charge on any atom is -0.445 e. The highest BCUT2D eigenvalue weighted by atomic mass is 79.9. The molecule has 1 atom stereocenters. The lowest BCUT2D eigenvalue weighted by atomic mass is 10.2. The van der Waals surface area contributed by atoms with Crippen LogP contribution in [0.25, 0.3) is 0 Å². The fourth-order valence-electron chi connectivity index (χ4n) is 2.12. The molecule has 3 amide bonds. The third-order valence-corrected chi connectivity index (χ3v) is 4.63. The van der Waals surface area contributed by atoms with Gasteiger partial charge in [0.25, 0.3) is 0 Å². The smallest absolute Gasteiger partial charge is 0.408 e. The van der Waals surface area contributed by atoms with E-state index in [1.807, 2.05) is 18.2 Å². The van der Waals surface area contributed by atoms with Crippen LogP contribution >= 0.6 is 27.5 Å². The van der Waals surface area contributed by atoms with Crippen molar-refractivity contribution in [2.75, 3.05) is 5.32 Å². The second-order valence-electron chi connectivity index (χ2n) is 5.55. The molecule has 142 valence electrons. The molecule has 0 saturated carbocycles. The maximum atomic E-state index is 12.4. The van der Waals surface area contributed by atoms with Gasteiger partial charge in [-0.3, -0.25) is 9.59 Å². The highest BCUT2D eigenvalue weighted by Gasteiger charge is 2.24. The zero-order valence-electron chi connectivity index (χ0n) is 14.1. The van der Waals surface area contributed by atoms with Gasteiger partial charge in [-0.05, 0) is 39.7 Å². The number of anilines is 1. The summed E-state index contributed by atoms with van der Waals surface area (Å²) in [4.78, 5) is 35.6. The second-order valence-corrected chi connectivity index (χ2v) is 6.81. The molecule has 4 N–H and O–H groups in total. The van der Waals surface area contributed by atoms with Crippen LogP contribution in [0, 0.1) is 0 Å². The molecular weight excluding hydrogens is 438 g/mol. The Bertz CT molecular complexity index is 833. The predicted octanol–water partition coefficient (Wildman–Crippen LogP) is 3.21. The average molecular weight is 455 g/mol. The Morgan fingerprint density at radius 3 is 2.48 bits per heavy atom. The van der Waals surface area contributed by atoms with Crippen molar-refractivity contribution >= 4 is 51.1 Å². The molecule has 0 aliphatic carbocycles. The number of nitrogens with one attached hydrogen (secondary N) is 2. The van der Waals surface area contributed by atoms with Crippen LogP contribution in [-0.4, -0.2) is 23.9 Å². The zero-order chi connectivity index (χ0) is 19.8. The average Bonchev–Trinajstić information content (AvgIpc) is 2.63. The number of carbonyl (C=O) groups is 3. The molecule has 0 radical (unpaired) electrons. The van der Waals surface area contributed by atoms with Crippen LogP contribution in [0.3, 0.4) is 0 Å². The molecule has 0 fully saturated rings. The van der Waals surface area contributed by atoms with Gasteiger partial charge < -0.3 is 21.1 Å². The fraction of sp³-hybridized carbons (Fsp3) is 0.167. The highest BCUT2D eigenvalue weighted by Crippen LogP contribution is 2.25. The standard InChI is InChI=1S/C18H17BrClN3O4/c19-13-8-12(6-7-14(13)20)22-17(25)15(9-16(21)24)23-18(26)27-10-11-4-2-1-3-5-11/h1-8,15H,9-10H2,(H2,21,24)(H,22,25)(H,23,26)/t15-/m1/s1. The van der Waals surface area contributed by atoms with E-state index in [-0.39, 0.29) is 13.0 Å². The van der Waals surface area contributed by atoms with Gasteiger partial charge in [0.05, 0.1) is 11.4 Å². The van der Waals surface area contributed by atoms with Crippen LogP contribution in [0.15, 0.2) is 53.0 Å². The van der Waals surface area contributed by atoms with Gasteiger partial charge in [0, 0.05) is 10.2 Å². The van der Waals surface area contributed by atoms with E-state index in [1.165, 1.54) is 0 Å². The SMILES string of the molecule is NC(=O)C[C@@H](NC(=O)OCc1ccccc1)C(=O)Nc1ccc(Cl)c(Br)c1. The van der Waals surface area contributed by atoms with Gasteiger partial charge in [0.1, 0.15) is 12.6 Å². The van der Waals surface area contributed by atoms with E-state index < -0.39 is 23.9 Å². The number of halogens is 2. The number of ether oxygens (including phenoxy) is 1. The summed E-state index contributed by atoms with van der Waals surface area (Å²) < 4.78 is 5.65. The van der Waals surface area contributed by atoms with Gasteiger partial charge in [-0.25, -0.2) is 4.79 Å². The molecule has 0 aliphatic heterocycles. The number of amides is 3. The Kier molecular flexibility index (Phi) is 7.63. The highest BCUT2D eigenvalue weighted by molar-refractivity contribution is 9.10. The monoisotopic (exact) mass is 453 g/mol. The van der Waals surface area contributed by atoms with E-state index in [1.54, 1.807) is 30.3 Å². The number of hydrogen-bond donors (Lipinski definition) is 3. The number of rotatable bonds is 7. The first-order valence-electron chi connectivity index (χ1n) is 7.86. The van der Waals surface area contributed by atoms with Crippen LogP contribution in [0.1, 0.15) is 12.0 Å². The molecule has 0 heterocycles. The van der Waals surface area contributed by atoms with Crippen molar-refractivity contribution in [2.24, 2.45) is 5.73 Å². The van der Waals surface area contributed by atoms with E-state index in [9.17, 15) is 14.4 Å². The summed E-state index contributed by atoms with van der Waals surface area (Å²) in [6, 6.07) is 12.6.